The van der Waals surface area contributed by atoms with E-state index in [2.05, 4.69) is 15.2 Å². The van der Waals surface area contributed by atoms with E-state index in [9.17, 15) is 5.11 Å². The van der Waals surface area contributed by atoms with Crippen molar-refractivity contribution in [2.75, 3.05) is 0 Å². The van der Waals surface area contributed by atoms with Gasteiger partial charge in [0.25, 0.3) is 0 Å². The summed E-state index contributed by atoms with van der Waals surface area (Å²) < 4.78 is 5.18. The molecule has 2 N–H and O–H groups in total. The number of rotatable bonds is 1. The highest BCUT2D eigenvalue weighted by Crippen LogP contribution is 2.32. The highest BCUT2D eigenvalue weighted by atomic mass is 16.4. The fraction of sp³-hybridized carbons (Fsp3) is 0.0909. The molecule has 0 aliphatic heterocycles. The molecule has 0 spiro atoms. The van der Waals surface area contributed by atoms with Gasteiger partial charge in [0.15, 0.2) is 0 Å². The summed E-state index contributed by atoms with van der Waals surface area (Å²) in [5.41, 5.74) is 2.71. The van der Waals surface area contributed by atoms with Gasteiger partial charge in [-0.3, -0.25) is 0 Å². The summed E-state index contributed by atoms with van der Waals surface area (Å²) in [6.45, 7) is 1.93. The molecule has 5 nitrogen and oxygen atoms in total. The molecular weight excluding hydrogens is 206 g/mol. The van der Waals surface area contributed by atoms with E-state index in [0.29, 0.717) is 5.89 Å². The van der Waals surface area contributed by atoms with Gasteiger partial charge in [0.05, 0.1) is 5.56 Å². The lowest BCUT2D eigenvalue weighted by atomic mass is 10.1. The molecule has 0 radical (unpaired) electrons. The fourth-order valence-corrected chi connectivity index (χ4v) is 1.87. The Bertz CT molecular complexity index is 641. The average molecular weight is 215 g/mol. The van der Waals surface area contributed by atoms with Gasteiger partial charge in [-0.1, -0.05) is 0 Å². The van der Waals surface area contributed by atoms with Gasteiger partial charge >= 0.3 is 0 Å². The van der Waals surface area contributed by atoms with E-state index < -0.39 is 0 Å². The molecule has 2 heterocycles. The Morgan fingerprint density at radius 2 is 2.25 bits per heavy atom. The van der Waals surface area contributed by atoms with Crippen molar-refractivity contribution in [2.24, 2.45) is 0 Å². The van der Waals surface area contributed by atoms with Crippen molar-refractivity contribution in [1.82, 2.24) is 15.2 Å². The number of hydrogen-bond donors (Lipinski definition) is 2. The van der Waals surface area contributed by atoms with Gasteiger partial charge in [0.1, 0.15) is 5.75 Å². The maximum atomic E-state index is 9.48. The first-order chi connectivity index (χ1) is 7.75. The molecular formula is C11H9N3O2. The van der Waals surface area contributed by atoms with Crippen molar-refractivity contribution in [3.63, 3.8) is 0 Å². The number of nitrogens with one attached hydrogen (secondary N) is 1. The van der Waals surface area contributed by atoms with Gasteiger partial charge in [0, 0.05) is 16.6 Å². The van der Waals surface area contributed by atoms with E-state index in [4.69, 9.17) is 4.42 Å². The van der Waals surface area contributed by atoms with Crippen LogP contribution in [-0.2, 0) is 0 Å². The number of phenols is 1. The molecule has 80 valence electrons. The summed E-state index contributed by atoms with van der Waals surface area (Å²) in [6.07, 6.45) is 1.29. The van der Waals surface area contributed by atoms with E-state index >= 15 is 0 Å². The molecule has 0 aliphatic carbocycles. The van der Waals surface area contributed by atoms with Crippen molar-refractivity contribution < 1.29 is 9.52 Å². The van der Waals surface area contributed by atoms with Crippen molar-refractivity contribution in [3.8, 4) is 17.2 Å². The number of benzene rings is 1. The lowest BCUT2D eigenvalue weighted by Gasteiger charge is -1.95. The normalized spacial score (nSPS) is 11.1. The van der Waals surface area contributed by atoms with Crippen LogP contribution in [0.2, 0.25) is 0 Å². The summed E-state index contributed by atoms with van der Waals surface area (Å²) in [6, 6.07) is 5.13. The van der Waals surface area contributed by atoms with Crippen molar-refractivity contribution in [2.45, 2.75) is 6.92 Å². The standard InChI is InChI=1S/C11H9N3O2/c1-6-10(11-14-12-5-16-11)8-4-7(15)2-3-9(8)13-6/h2-5,13,15H,1H3. The van der Waals surface area contributed by atoms with E-state index in [0.717, 1.165) is 22.2 Å². The van der Waals surface area contributed by atoms with Crippen LogP contribution >= 0.6 is 0 Å². The number of aromatic amines is 1. The van der Waals surface area contributed by atoms with Crippen LogP contribution in [0.3, 0.4) is 0 Å². The zero-order valence-corrected chi connectivity index (χ0v) is 8.56. The second kappa shape index (κ2) is 3.10. The molecule has 5 heteroatoms. The van der Waals surface area contributed by atoms with Crippen LogP contribution in [0.15, 0.2) is 29.0 Å². The highest BCUT2D eigenvalue weighted by molar-refractivity contribution is 5.96. The minimum atomic E-state index is 0.215. The zero-order valence-electron chi connectivity index (χ0n) is 8.56. The van der Waals surface area contributed by atoms with Gasteiger partial charge in [0.2, 0.25) is 12.3 Å². The number of aryl methyl sites for hydroxylation is 1. The first-order valence-electron chi connectivity index (χ1n) is 4.83. The lowest BCUT2D eigenvalue weighted by molar-refractivity contribution is 0.476. The first-order valence-corrected chi connectivity index (χ1v) is 4.83. The molecule has 1 aromatic carbocycles. The molecule has 0 atom stereocenters. The van der Waals surface area contributed by atoms with Crippen LogP contribution < -0.4 is 0 Å². The van der Waals surface area contributed by atoms with Crippen LogP contribution in [-0.4, -0.2) is 20.3 Å². The third kappa shape index (κ3) is 1.18. The maximum Gasteiger partial charge on any atom is 0.249 e. The largest absolute Gasteiger partial charge is 0.508 e. The molecule has 0 unspecified atom stereocenters. The lowest BCUT2D eigenvalue weighted by Crippen LogP contribution is -1.79. The minimum absolute atomic E-state index is 0.215. The Balaban J connectivity index is 2.38. The second-order valence-corrected chi connectivity index (χ2v) is 3.60. The second-order valence-electron chi connectivity index (χ2n) is 3.60. The van der Waals surface area contributed by atoms with Gasteiger partial charge < -0.3 is 14.5 Å². The van der Waals surface area contributed by atoms with Crippen LogP contribution in [0.1, 0.15) is 5.69 Å². The molecule has 0 fully saturated rings. The third-order valence-electron chi connectivity index (χ3n) is 2.54. The van der Waals surface area contributed by atoms with Gasteiger partial charge in [-0.2, -0.15) is 0 Å². The smallest absolute Gasteiger partial charge is 0.249 e. The van der Waals surface area contributed by atoms with Crippen LogP contribution in [0, 0.1) is 6.92 Å². The Morgan fingerprint density at radius 1 is 1.38 bits per heavy atom. The zero-order chi connectivity index (χ0) is 11.1. The molecule has 0 bridgehead atoms. The predicted molar refractivity (Wildman–Crippen MR) is 58.0 cm³/mol. The molecule has 3 rings (SSSR count). The van der Waals surface area contributed by atoms with Crippen LogP contribution in [0.4, 0.5) is 0 Å². The number of nitrogens with zero attached hydrogens (tertiary/aromatic N) is 2. The monoisotopic (exact) mass is 215 g/mol. The van der Waals surface area contributed by atoms with Gasteiger partial charge in [-0.15, -0.1) is 10.2 Å². The van der Waals surface area contributed by atoms with Gasteiger partial charge in [-0.05, 0) is 25.1 Å². The number of phenolic OH excluding ortho intramolecular Hbond substituents is 1. The van der Waals surface area contributed by atoms with E-state index in [1.165, 1.54) is 6.39 Å². The van der Waals surface area contributed by atoms with E-state index in [1.54, 1.807) is 12.1 Å². The predicted octanol–water partition coefficient (Wildman–Crippen LogP) is 2.23. The molecule has 0 amide bonds. The molecule has 0 saturated heterocycles. The number of aromatic hydroxyl groups is 1. The quantitative estimate of drug-likeness (QED) is 0.652. The highest BCUT2D eigenvalue weighted by Gasteiger charge is 2.14. The van der Waals surface area contributed by atoms with Crippen LogP contribution in [0.25, 0.3) is 22.4 Å². The number of H-pyrrole nitrogens is 1. The summed E-state index contributed by atoms with van der Waals surface area (Å²) in [7, 11) is 0. The maximum absolute atomic E-state index is 9.48. The summed E-state index contributed by atoms with van der Waals surface area (Å²) in [5.74, 6) is 0.668. The minimum Gasteiger partial charge on any atom is -0.508 e. The number of hydrogen-bond acceptors (Lipinski definition) is 4. The topological polar surface area (TPSA) is 74.9 Å². The Hall–Kier alpha value is -2.30. The van der Waals surface area contributed by atoms with Crippen LogP contribution in [0.5, 0.6) is 5.75 Å². The van der Waals surface area contributed by atoms with Crippen molar-refractivity contribution in [3.05, 3.63) is 30.3 Å². The molecule has 2 aromatic heterocycles. The van der Waals surface area contributed by atoms with Gasteiger partial charge in [-0.25, -0.2) is 0 Å². The third-order valence-corrected chi connectivity index (χ3v) is 2.54. The number of aromatic nitrogens is 3. The van der Waals surface area contributed by atoms with Crippen molar-refractivity contribution in [1.29, 1.82) is 0 Å². The summed E-state index contributed by atoms with van der Waals surface area (Å²) in [5, 5.41) is 17.9. The molecule has 0 aliphatic rings. The Morgan fingerprint density at radius 3 is 3.00 bits per heavy atom. The Labute approximate surface area is 90.7 Å². The SMILES string of the molecule is Cc1[nH]c2ccc(O)cc2c1-c1nnco1. The van der Waals surface area contributed by atoms with E-state index in [-0.39, 0.29) is 5.75 Å². The number of fused-ring (bicyclic) bond motifs is 1. The van der Waals surface area contributed by atoms with E-state index in [1.807, 2.05) is 13.0 Å². The molecule has 0 saturated carbocycles. The fourth-order valence-electron chi connectivity index (χ4n) is 1.87. The van der Waals surface area contributed by atoms with Crippen molar-refractivity contribution >= 4 is 10.9 Å². The molecule has 3 aromatic rings. The first kappa shape index (κ1) is 8.96. The summed E-state index contributed by atoms with van der Waals surface area (Å²) in [4.78, 5) is 3.20. The Kier molecular flexibility index (Phi) is 1.73. The summed E-state index contributed by atoms with van der Waals surface area (Å²) >= 11 is 0. The molecule has 16 heavy (non-hydrogen) atoms. The average Bonchev–Trinajstić information content (AvgIpc) is 2.83.